The van der Waals surface area contributed by atoms with E-state index in [1.54, 1.807) is 6.07 Å². The number of nitrogens with one attached hydrogen (secondary N) is 1. The molecule has 1 amide bonds. The fourth-order valence-corrected chi connectivity index (χ4v) is 5.23. The number of aliphatic hydroxyl groups is 2. The van der Waals surface area contributed by atoms with Crippen LogP contribution in [-0.2, 0) is 20.9 Å². The molecule has 0 aliphatic carbocycles. The average Bonchev–Trinajstić information content (AvgIpc) is 3.40. The van der Waals surface area contributed by atoms with Gasteiger partial charge in [-0.15, -0.1) is 0 Å². The predicted molar refractivity (Wildman–Crippen MR) is 148 cm³/mol. The highest BCUT2D eigenvalue weighted by Gasteiger charge is 2.40. The fourth-order valence-electron chi connectivity index (χ4n) is 4.06. The van der Waals surface area contributed by atoms with Gasteiger partial charge in [-0.2, -0.15) is 11.8 Å². The number of aliphatic carboxylic acids is 3. The van der Waals surface area contributed by atoms with E-state index in [0.717, 1.165) is 36.7 Å². The van der Waals surface area contributed by atoms with Crippen molar-refractivity contribution in [1.29, 1.82) is 0 Å². The lowest BCUT2D eigenvalue weighted by Crippen LogP contribution is -2.42. The van der Waals surface area contributed by atoms with Gasteiger partial charge in [-0.05, 0) is 68.0 Å². The molecule has 0 bridgehead atoms. The minimum atomic E-state index is -2.74. The van der Waals surface area contributed by atoms with Gasteiger partial charge in [0.15, 0.2) is 17.1 Å². The second-order valence-electron chi connectivity index (χ2n) is 9.62. The molecule has 2 fully saturated rings. The minimum absolute atomic E-state index is 0.132. The molecular weight excluding hydrogens is 560 g/mol. The number of carbonyl (C=O) groups is 4. The number of carbonyl (C=O) groups excluding carboxylic acids is 1. The number of thioether (sulfide) groups is 1. The zero-order valence-corrected chi connectivity index (χ0v) is 23.6. The van der Waals surface area contributed by atoms with Crippen molar-refractivity contribution in [3.63, 3.8) is 0 Å². The molecule has 226 valence electrons. The number of ether oxygens (including phenoxy) is 2. The molecule has 0 aromatic heterocycles. The highest BCUT2D eigenvalue weighted by atomic mass is 32.2. The van der Waals surface area contributed by atoms with Crippen molar-refractivity contribution in [3.8, 4) is 23.3 Å². The average molecular weight is 597 g/mol. The normalized spacial score (nSPS) is 16.3. The van der Waals surface area contributed by atoms with E-state index in [4.69, 9.17) is 29.9 Å². The fraction of sp³-hybridized carbons (Fsp3) is 0.556. The van der Waals surface area contributed by atoms with Gasteiger partial charge >= 0.3 is 24.0 Å². The smallest absolute Gasteiger partial charge is 0.412 e. The molecule has 0 radical (unpaired) electrons. The number of hydrogen-bond donors (Lipinski definition) is 6. The molecule has 0 atom stereocenters. The van der Waals surface area contributed by atoms with Crippen LogP contribution in [0.3, 0.4) is 0 Å². The minimum Gasteiger partial charge on any atom is -0.481 e. The number of nitrogens with zero attached hydrogens (tertiary/aromatic N) is 1. The third-order valence-corrected chi connectivity index (χ3v) is 7.23. The lowest BCUT2D eigenvalue weighted by atomic mass is 9.96. The zero-order chi connectivity index (χ0) is 30.5. The van der Waals surface area contributed by atoms with Crippen LogP contribution >= 0.6 is 11.8 Å². The van der Waals surface area contributed by atoms with Crippen LogP contribution in [-0.4, -0.2) is 104 Å². The quantitative estimate of drug-likeness (QED) is 0.212. The van der Waals surface area contributed by atoms with Crippen molar-refractivity contribution in [3.05, 3.63) is 23.8 Å². The van der Waals surface area contributed by atoms with Crippen LogP contribution in [0, 0.1) is 11.8 Å². The largest absolute Gasteiger partial charge is 0.481 e. The van der Waals surface area contributed by atoms with Crippen LogP contribution in [0.4, 0.5) is 4.79 Å². The van der Waals surface area contributed by atoms with E-state index in [0.29, 0.717) is 24.3 Å². The summed E-state index contributed by atoms with van der Waals surface area (Å²) in [6, 6.07) is 5.62. The predicted octanol–water partition coefficient (Wildman–Crippen LogP) is 1.39. The van der Waals surface area contributed by atoms with Gasteiger partial charge in [0.05, 0.1) is 12.8 Å². The molecular formula is C27H36N2O11S. The summed E-state index contributed by atoms with van der Waals surface area (Å²) in [5, 5.41) is 46.7. The van der Waals surface area contributed by atoms with Gasteiger partial charge in [0.25, 0.3) is 0 Å². The lowest BCUT2D eigenvalue weighted by Gasteiger charge is -2.26. The number of benzene rings is 1. The Balaban J connectivity index is 0.000000383. The summed E-state index contributed by atoms with van der Waals surface area (Å²) in [5.74, 6) is 3.56. The van der Waals surface area contributed by atoms with E-state index in [9.17, 15) is 24.3 Å². The molecule has 2 aliphatic heterocycles. The Labute approximate surface area is 241 Å². The van der Waals surface area contributed by atoms with Gasteiger partial charge in [-0.25, -0.2) is 9.59 Å². The van der Waals surface area contributed by atoms with Crippen molar-refractivity contribution >= 4 is 35.8 Å². The number of likely N-dealkylation sites (tertiary alicyclic amines) is 1. The number of hydrogen-bond acceptors (Lipinski definition) is 10. The van der Waals surface area contributed by atoms with E-state index in [1.807, 2.05) is 23.9 Å². The molecule has 0 unspecified atom stereocenters. The standard InChI is InChI=1S/C21H28N2O4S.C6H8O7/c1-22-20(24)27-18-6-5-17(16-23-10-2-3-11-23)15-19(18)26-12-4-7-21(25)8-13-28-14-9-21;7-3(8)1-6(13,5(11)12)2-4(9)10/h5-6,15,25H,2-3,8-14,16H2,1H3,(H,22,24);13H,1-2H2,(H,7,8)(H,9,10)(H,11,12). The Morgan fingerprint density at radius 2 is 1.66 bits per heavy atom. The number of amides is 1. The Bertz CT molecular complexity index is 1120. The second-order valence-corrected chi connectivity index (χ2v) is 10.8. The number of carboxylic acid groups (broad SMARTS) is 3. The van der Waals surface area contributed by atoms with Gasteiger partial charge in [-0.3, -0.25) is 14.5 Å². The van der Waals surface area contributed by atoms with E-state index < -0.39 is 48.0 Å². The molecule has 3 rings (SSSR count). The van der Waals surface area contributed by atoms with Crippen LogP contribution in [0.1, 0.15) is 44.1 Å². The Morgan fingerprint density at radius 3 is 2.20 bits per heavy atom. The maximum absolute atomic E-state index is 11.6. The first-order valence-electron chi connectivity index (χ1n) is 12.9. The number of carboxylic acids is 3. The lowest BCUT2D eigenvalue weighted by molar-refractivity contribution is -0.170. The maximum atomic E-state index is 11.6. The zero-order valence-electron chi connectivity index (χ0n) is 22.8. The van der Waals surface area contributed by atoms with Crippen LogP contribution in [0.15, 0.2) is 18.2 Å². The Morgan fingerprint density at radius 1 is 1.05 bits per heavy atom. The molecule has 0 saturated carbocycles. The Hall–Kier alpha value is -3.51. The monoisotopic (exact) mass is 596 g/mol. The van der Waals surface area contributed by atoms with E-state index >= 15 is 0 Å². The van der Waals surface area contributed by atoms with Crippen molar-refractivity contribution in [2.45, 2.75) is 56.3 Å². The summed E-state index contributed by atoms with van der Waals surface area (Å²) in [6.45, 7) is 3.19. The highest BCUT2D eigenvalue weighted by molar-refractivity contribution is 7.99. The van der Waals surface area contributed by atoms with Crippen molar-refractivity contribution < 1.29 is 54.2 Å². The van der Waals surface area contributed by atoms with Gasteiger partial charge in [0.2, 0.25) is 0 Å². The summed E-state index contributed by atoms with van der Waals surface area (Å²) in [7, 11) is 1.51. The molecule has 1 aromatic carbocycles. The molecule has 0 spiro atoms. The van der Waals surface area contributed by atoms with Gasteiger partial charge < -0.3 is 40.3 Å². The molecule has 41 heavy (non-hydrogen) atoms. The van der Waals surface area contributed by atoms with Crippen LogP contribution < -0.4 is 14.8 Å². The van der Waals surface area contributed by atoms with Gasteiger partial charge in [0.1, 0.15) is 12.2 Å². The number of rotatable bonds is 10. The molecule has 6 N–H and O–H groups in total. The Kier molecular flexibility index (Phi) is 13.2. The first-order valence-corrected chi connectivity index (χ1v) is 14.1. The SMILES string of the molecule is CNC(=O)Oc1ccc(CN2CCCC2)cc1OCC#CC1(O)CCSCC1.O=C(O)CC(O)(CC(=O)O)C(=O)O. The maximum Gasteiger partial charge on any atom is 0.412 e. The van der Waals surface area contributed by atoms with E-state index in [2.05, 4.69) is 22.1 Å². The summed E-state index contributed by atoms with van der Waals surface area (Å²) < 4.78 is 11.1. The van der Waals surface area contributed by atoms with Crippen LogP contribution in [0.2, 0.25) is 0 Å². The van der Waals surface area contributed by atoms with Crippen LogP contribution in [0.5, 0.6) is 11.5 Å². The molecule has 2 heterocycles. The molecule has 2 aliphatic rings. The summed E-state index contributed by atoms with van der Waals surface area (Å²) in [5.41, 5.74) is -2.54. The summed E-state index contributed by atoms with van der Waals surface area (Å²) in [4.78, 5) is 44.5. The van der Waals surface area contributed by atoms with Crippen molar-refractivity contribution in [2.75, 3.05) is 38.2 Å². The van der Waals surface area contributed by atoms with Crippen LogP contribution in [0.25, 0.3) is 0 Å². The van der Waals surface area contributed by atoms with Gasteiger partial charge in [-0.1, -0.05) is 17.9 Å². The molecule has 13 nitrogen and oxygen atoms in total. The second kappa shape index (κ2) is 16.1. The summed E-state index contributed by atoms with van der Waals surface area (Å²) in [6.07, 6.45) is 0.999. The van der Waals surface area contributed by atoms with Crippen molar-refractivity contribution in [2.24, 2.45) is 0 Å². The van der Waals surface area contributed by atoms with Crippen molar-refractivity contribution in [1.82, 2.24) is 10.2 Å². The van der Waals surface area contributed by atoms with E-state index in [1.165, 1.54) is 19.9 Å². The first-order chi connectivity index (χ1) is 19.4. The van der Waals surface area contributed by atoms with E-state index in [-0.39, 0.29) is 6.61 Å². The third-order valence-electron chi connectivity index (χ3n) is 6.25. The first kappa shape index (κ1) is 33.7. The molecule has 2 saturated heterocycles. The topological polar surface area (TPSA) is 203 Å². The molecule has 1 aromatic rings. The summed E-state index contributed by atoms with van der Waals surface area (Å²) >= 11 is 1.84. The third kappa shape index (κ3) is 11.9. The highest BCUT2D eigenvalue weighted by Crippen LogP contribution is 2.30. The van der Waals surface area contributed by atoms with Gasteiger partial charge in [0, 0.05) is 13.6 Å². The molecule has 14 heteroatoms.